The van der Waals surface area contributed by atoms with Crippen LogP contribution < -0.4 is 14.8 Å². The van der Waals surface area contributed by atoms with Crippen molar-refractivity contribution in [2.24, 2.45) is 0 Å². The molecule has 0 saturated heterocycles. The summed E-state index contributed by atoms with van der Waals surface area (Å²) in [6, 6.07) is 5.79. The molecule has 2 rings (SSSR count). The maximum Gasteiger partial charge on any atom is 0.123 e. The average molecular weight is 264 g/mol. The molecular weight excluding hydrogens is 248 g/mol. The fraction of sp³-hybridized carbons (Fsp3) is 0.308. The largest absolute Gasteiger partial charge is 0.497 e. The van der Waals surface area contributed by atoms with E-state index in [1.165, 1.54) is 0 Å². The van der Waals surface area contributed by atoms with Crippen LogP contribution in [0.25, 0.3) is 0 Å². The van der Waals surface area contributed by atoms with Crippen molar-refractivity contribution in [3.05, 3.63) is 40.3 Å². The predicted octanol–water partition coefficient (Wildman–Crippen LogP) is 2.45. The van der Waals surface area contributed by atoms with Crippen molar-refractivity contribution in [2.75, 3.05) is 14.2 Å². The van der Waals surface area contributed by atoms with E-state index in [1.54, 1.807) is 25.6 Å². The lowest BCUT2D eigenvalue weighted by Gasteiger charge is -2.10. The minimum Gasteiger partial charge on any atom is -0.497 e. The van der Waals surface area contributed by atoms with Gasteiger partial charge >= 0.3 is 0 Å². The van der Waals surface area contributed by atoms with E-state index in [2.05, 4.69) is 10.3 Å². The molecule has 0 unspecified atom stereocenters. The number of ether oxygens (including phenoxy) is 2. The van der Waals surface area contributed by atoms with Crippen LogP contribution in [0.15, 0.2) is 29.1 Å². The lowest BCUT2D eigenvalue weighted by atomic mass is 10.2. The van der Waals surface area contributed by atoms with Crippen LogP contribution in [0, 0.1) is 0 Å². The van der Waals surface area contributed by atoms with Gasteiger partial charge in [-0.1, -0.05) is 0 Å². The van der Waals surface area contributed by atoms with Crippen molar-refractivity contribution >= 4 is 11.3 Å². The van der Waals surface area contributed by atoms with Gasteiger partial charge in [-0.15, -0.1) is 11.3 Å². The summed E-state index contributed by atoms with van der Waals surface area (Å²) in [5, 5.41) is 5.38. The second-order valence-electron chi connectivity index (χ2n) is 3.76. The highest BCUT2D eigenvalue weighted by Crippen LogP contribution is 2.23. The Kier molecular flexibility index (Phi) is 4.55. The zero-order chi connectivity index (χ0) is 12.8. The Labute approximate surface area is 111 Å². The summed E-state index contributed by atoms with van der Waals surface area (Å²) in [5.41, 5.74) is 3.97. The molecule has 1 heterocycles. The van der Waals surface area contributed by atoms with Crippen molar-refractivity contribution in [1.82, 2.24) is 10.3 Å². The molecule has 96 valence electrons. The first kappa shape index (κ1) is 12.9. The fourth-order valence-corrected chi connectivity index (χ4v) is 2.23. The first-order valence-corrected chi connectivity index (χ1v) is 6.56. The third kappa shape index (κ3) is 3.21. The van der Waals surface area contributed by atoms with Crippen molar-refractivity contribution < 1.29 is 9.47 Å². The molecule has 0 spiro atoms. The van der Waals surface area contributed by atoms with Crippen LogP contribution in [0.3, 0.4) is 0 Å². The standard InChI is InChI=1S/C13H16N2O2S/c1-16-12-3-4-13(17-2)10(5-12)6-14-7-11-8-18-9-15-11/h3-5,8-9,14H,6-7H2,1-2H3. The summed E-state index contributed by atoms with van der Waals surface area (Å²) in [6.45, 7) is 1.47. The van der Waals surface area contributed by atoms with Gasteiger partial charge in [0.1, 0.15) is 11.5 Å². The molecular formula is C13H16N2O2S. The molecule has 2 aromatic rings. The first-order chi connectivity index (χ1) is 8.83. The molecule has 0 fully saturated rings. The Bertz CT molecular complexity index is 486. The van der Waals surface area contributed by atoms with Gasteiger partial charge in [-0.2, -0.15) is 0 Å². The van der Waals surface area contributed by atoms with Gasteiger partial charge in [-0.25, -0.2) is 4.98 Å². The summed E-state index contributed by atoms with van der Waals surface area (Å²) in [4.78, 5) is 4.22. The number of aromatic nitrogens is 1. The molecule has 5 heteroatoms. The Balaban J connectivity index is 1.98. The number of nitrogens with zero attached hydrogens (tertiary/aromatic N) is 1. The van der Waals surface area contributed by atoms with Gasteiger partial charge < -0.3 is 14.8 Å². The molecule has 0 aliphatic heterocycles. The Morgan fingerprint density at radius 1 is 1.22 bits per heavy atom. The second kappa shape index (κ2) is 6.37. The summed E-state index contributed by atoms with van der Waals surface area (Å²) in [5.74, 6) is 1.70. The van der Waals surface area contributed by atoms with Crippen LogP contribution >= 0.6 is 11.3 Å². The van der Waals surface area contributed by atoms with E-state index < -0.39 is 0 Å². The van der Waals surface area contributed by atoms with Gasteiger partial charge in [-0.3, -0.25) is 0 Å². The smallest absolute Gasteiger partial charge is 0.123 e. The highest BCUT2D eigenvalue weighted by atomic mass is 32.1. The van der Waals surface area contributed by atoms with Crippen molar-refractivity contribution in [3.8, 4) is 11.5 Å². The number of nitrogens with one attached hydrogen (secondary N) is 1. The fourth-order valence-electron chi connectivity index (χ4n) is 1.67. The van der Waals surface area contributed by atoms with E-state index >= 15 is 0 Å². The highest BCUT2D eigenvalue weighted by Gasteiger charge is 2.05. The quantitative estimate of drug-likeness (QED) is 0.870. The third-order valence-electron chi connectivity index (χ3n) is 2.59. The van der Waals surface area contributed by atoms with Crippen molar-refractivity contribution in [2.45, 2.75) is 13.1 Å². The minimum absolute atomic E-state index is 0.720. The zero-order valence-electron chi connectivity index (χ0n) is 10.5. The average Bonchev–Trinajstić information content (AvgIpc) is 2.92. The highest BCUT2D eigenvalue weighted by molar-refractivity contribution is 7.07. The van der Waals surface area contributed by atoms with Crippen LogP contribution in [-0.2, 0) is 13.1 Å². The van der Waals surface area contributed by atoms with Crippen LogP contribution in [0.4, 0.5) is 0 Å². The van der Waals surface area contributed by atoms with Crippen LogP contribution in [0.2, 0.25) is 0 Å². The number of hydrogen-bond donors (Lipinski definition) is 1. The molecule has 18 heavy (non-hydrogen) atoms. The SMILES string of the molecule is COc1ccc(OC)c(CNCc2cscn2)c1. The van der Waals surface area contributed by atoms with Crippen LogP contribution in [0.5, 0.6) is 11.5 Å². The van der Waals surface area contributed by atoms with Gasteiger partial charge in [0, 0.05) is 24.0 Å². The topological polar surface area (TPSA) is 43.4 Å². The number of benzene rings is 1. The molecule has 0 saturated carbocycles. The third-order valence-corrected chi connectivity index (χ3v) is 3.23. The van der Waals surface area contributed by atoms with Crippen molar-refractivity contribution in [1.29, 1.82) is 0 Å². The summed E-state index contributed by atoms with van der Waals surface area (Å²) < 4.78 is 10.5. The van der Waals surface area contributed by atoms with E-state index in [0.717, 1.165) is 35.8 Å². The molecule has 0 radical (unpaired) electrons. The van der Waals surface area contributed by atoms with Gasteiger partial charge in [-0.05, 0) is 18.2 Å². The predicted molar refractivity (Wildman–Crippen MR) is 72.2 cm³/mol. The second-order valence-corrected chi connectivity index (χ2v) is 4.48. The Hall–Kier alpha value is -1.59. The molecule has 1 aromatic heterocycles. The lowest BCUT2D eigenvalue weighted by Crippen LogP contribution is -2.13. The summed E-state index contributed by atoms with van der Waals surface area (Å²) >= 11 is 1.60. The number of thiazole rings is 1. The molecule has 1 aromatic carbocycles. The van der Waals surface area contributed by atoms with Crippen LogP contribution in [-0.4, -0.2) is 19.2 Å². The molecule has 1 N–H and O–H groups in total. The van der Waals surface area contributed by atoms with Gasteiger partial charge in [0.25, 0.3) is 0 Å². The molecule has 0 aliphatic carbocycles. The molecule has 4 nitrogen and oxygen atoms in total. The molecule has 0 amide bonds. The number of hydrogen-bond acceptors (Lipinski definition) is 5. The minimum atomic E-state index is 0.720. The maximum absolute atomic E-state index is 5.32. The Morgan fingerprint density at radius 3 is 2.78 bits per heavy atom. The lowest BCUT2D eigenvalue weighted by molar-refractivity contribution is 0.397. The van der Waals surface area contributed by atoms with E-state index in [0.29, 0.717) is 0 Å². The first-order valence-electron chi connectivity index (χ1n) is 5.62. The van der Waals surface area contributed by atoms with E-state index in [-0.39, 0.29) is 0 Å². The molecule has 0 aliphatic rings. The normalized spacial score (nSPS) is 10.3. The number of rotatable bonds is 6. The van der Waals surface area contributed by atoms with E-state index in [1.807, 2.05) is 29.1 Å². The molecule has 0 atom stereocenters. The van der Waals surface area contributed by atoms with Crippen molar-refractivity contribution in [3.63, 3.8) is 0 Å². The summed E-state index contributed by atoms with van der Waals surface area (Å²) in [7, 11) is 3.33. The van der Waals surface area contributed by atoms with Crippen LogP contribution in [0.1, 0.15) is 11.3 Å². The van der Waals surface area contributed by atoms with Gasteiger partial charge in [0.15, 0.2) is 0 Å². The Morgan fingerprint density at radius 2 is 2.11 bits per heavy atom. The summed E-state index contributed by atoms with van der Waals surface area (Å²) in [6.07, 6.45) is 0. The maximum atomic E-state index is 5.32. The molecule has 0 bridgehead atoms. The number of methoxy groups -OCH3 is 2. The monoisotopic (exact) mass is 264 g/mol. The van der Waals surface area contributed by atoms with E-state index in [9.17, 15) is 0 Å². The zero-order valence-corrected chi connectivity index (χ0v) is 11.3. The van der Waals surface area contributed by atoms with E-state index in [4.69, 9.17) is 9.47 Å². The van der Waals surface area contributed by atoms with Gasteiger partial charge in [0.2, 0.25) is 0 Å². The van der Waals surface area contributed by atoms with Gasteiger partial charge in [0.05, 0.1) is 25.4 Å².